The number of carbonyl (C=O) groups is 2. The van der Waals surface area contributed by atoms with Crippen LogP contribution in [0.15, 0.2) is 41.0 Å². The number of benzene rings is 1. The fraction of sp³-hybridized carbons (Fsp3) is 0.333. The predicted octanol–water partition coefficient (Wildman–Crippen LogP) is 2.99. The van der Waals surface area contributed by atoms with Crippen LogP contribution >= 0.6 is 0 Å². The van der Waals surface area contributed by atoms with Crippen LogP contribution in [0.2, 0.25) is 0 Å². The summed E-state index contributed by atoms with van der Waals surface area (Å²) in [5.41, 5.74) is 1.14. The van der Waals surface area contributed by atoms with E-state index in [1.807, 2.05) is 0 Å². The molecule has 2 heterocycles. The number of rotatable bonds is 4. The van der Waals surface area contributed by atoms with Crippen LogP contribution in [0.1, 0.15) is 29.0 Å². The van der Waals surface area contributed by atoms with Gasteiger partial charge in [-0.1, -0.05) is 6.07 Å². The van der Waals surface area contributed by atoms with Crippen molar-refractivity contribution in [1.29, 1.82) is 0 Å². The first-order valence-corrected chi connectivity index (χ1v) is 8.34. The minimum atomic E-state index is -0.492. The minimum absolute atomic E-state index is 0.0650. The molecule has 2 amide bonds. The predicted molar refractivity (Wildman–Crippen MR) is 93.8 cm³/mol. The van der Waals surface area contributed by atoms with Gasteiger partial charge < -0.3 is 14.6 Å². The summed E-state index contributed by atoms with van der Waals surface area (Å²) >= 11 is 0. The zero-order chi connectivity index (χ0) is 18.7. The number of anilines is 1. The highest BCUT2D eigenvalue weighted by Gasteiger charge is 2.29. The van der Waals surface area contributed by atoms with Gasteiger partial charge >= 0.3 is 0 Å². The highest BCUT2D eigenvalue weighted by molar-refractivity contribution is 5.94. The van der Waals surface area contributed by atoms with Crippen molar-refractivity contribution in [2.24, 2.45) is 5.92 Å². The van der Waals surface area contributed by atoms with Crippen molar-refractivity contribution in [2.45, 2.75) is 19.8 Å². The average molecular weight is 357 g/mol. The van der Waals surface area contributed by atoms with E-state index in [1.54, 1.807) is 30.0 Å². The summed E-state index contributed by atoms with van der Waals surface area (Å²) in [4.78, 5) is 36.8. The molecule has 1 aromatic carbocycles. The summed E-state index contributed by atoms with van der Waals surface area (Å²) in [6, 6.07) is 7.66. The van der Waals surface area contributed by atoms with Gasteiger partial charge in [-0.15, -0.1) is 0 Å². The van der Waals surface area contributed by atoms with E-state index in [0.29, 0.717) is 37.4 Å². The first kappa shape index (κ1) is 17.7. The monoisotopic (exact) mass is 357 g/mol. The van der Waals surface area contributed by atoms with Crippen LogP contribution in [0.3, 0.4) is 0 Å². The molecule has 1 aromatic heterocycles. The van der Waals surface area contributed by atoms with E-state index in [4.69, 9.17) is 4.42 Å². The maximum absolute atomic E-state index is 12.5. The standard InChI is InChI=1S/C18H19N3O5/c1-12-4-5-14(21(24)25)11-15(12)19-17(22)13-6-8-20(9-7-13)18(23)16-3-2-10-26-16/h2-5,10-11,13H,6-9H2,1H3,(H,19,22). The number of nitrogens with one attached hydrogen (secondary N) is 1. The molecule has 0 spiro atoms. The second-order valence-electron chi connectivity index (χ2n) is 6.29. The molecule has 1 saturated heterocycles. The molecule has 1 aliphatic heterocycles. The second-order valence-corrected chi connectivity index (χ2v) is 6.29. The van der Waals surface area contributed by atoms with Gasteiger partial charge in [0, 0.05) is 31.1 Å². The Kier molecular flexibility index (Phi) is 5.01. The molecule has 136 valence electrons. The topological polar surface area (TPSA) is 106 Å². The molecule has 2 aromatic rings. The zero-order valence-corrected chi connectivity index (χ0v) is 14.3. The Morgan fingerprint density at radius 1 is 1.27 bits per heavy atom. The van der Waals surface area contributed by atoms with E-state index in [9.17, 15) is 19.7 Å². The van der Waals surface area contributed by atoms with Crippen LogP contribution < -0.4 is 5.32 Å². The number of nitro groups is 1. The summed E-state index contributed by atoms with van der Waals surface area (Å²) in [7, 11) is 0. The number of nitrogens with zero attached hydrogens (tertiary/aromatic N) is 2. The molecule has 3 rings (SSSR count). The Labute approximate surface area is 149 Å². The number of nitro benzene ring substituents is 1. The van der Waals surface area contributed by atoms with Crippen molar-refractivity contribution in [3.63, 3.8) is 0 Å². The number of hydrogen-bond donors (Lipinski definition) is 1. The lowest BCUT2D eigenvalue weighted by Crippen LogP contribution is -2.41. The molecule has 1 aliphatic rings. The van der Waals surface area contributed by atoms with Gasteiger partial charge in [0.15, 0.2) is 5.76 Å². The molecule has 0 bridgehead atoms. The molecular formula is C18H19N3O5. The third-order valence-electron chi connectivity index (χ3n) is 4.57. The summed E-state index contributed by atoms with van der Waals surface area (Å²) < 4.78 is 5.12. The maximum atomic E-state index is 12.5. The van der Waals surface area contributed by atoms with Gasteiger partial charge in [0.2, 0.25) is 5.91 Å². The van der Waals surface area contributed by atoms with E-state index in [0.717, 1.165) is 5.56 Å². The van der Waals surface area contributed by atoms with Crippen molar-refractivity contribution in [3.05, 3.63) is 58.0 Å². The Balaban J connectivity index is 1.60. The number of furan rings is 1. The smallest absolute Gasteiger partial charge is 0.289 e. The van der Waals surface area contributed by atoms with E-state index >= 15 is 0 Å². The lowest BCUT2D eigenvalue weighted by atomic mass is 9.95. The molecule has 26 heavy (non-hydrogen) atoms. The molecule has 0 atom stereocenters. The summed E-state index contributed by atoms with van der Waals surface area (Å²) in [5, 5.41) is 13.7. The molecule has 0 saturated carbocycles. The van der Waals surface area contributed by atoms with Gasteiger partial charge in [-0.25, -0.2) is 0 Å². The second kappa shape index (κ2) is 7.38. The van der Waals surface area contributed by atoms with Crippen LogP contribution in [-0.4, -0.2) is 34.7 Å². The van der Waals surface area contributed by atoms with Crippen LogP contribution in [0, 0.1) is 23.0 Å². The molecule has 8 nitrogen and oxygen atoms in total. The third kappa shape index (κ3) is 3.74. The Morgan fingerprint density at radius 2 is 2.00 bits per heavy atom. The first-order chi connectivity index (χ1) is 12.5. The van der Waals surface area contributed by atoms with Gasteiger partial charge in [-0.2, -0.15) is 0 Å². The molecule has 0 unspecified atom stereocenters. The number of aryl methyl sites for hydroxylation is 1. The molecule has 0 radical (unpaired) electrons. The average Bonchev–Trinajstić information content (AvgIpc) is 3.17. The van der Waals surface area contributed by atoms with Gasteiger partial charge in [-0.3, -0.25) is 19.7 Å². The Bertz CT molecular complexity index is 823. The summed E-state index contributed by atoms with van der Waals surface area (Å²) in [5.74, 6) is -0.309. The fourth-order valence-corrected chi connectivity index (χ4v) is 2.99. The van der Waals surface area contributed by atoms with E-state index in [1.165, 1.54) is 18.4 Å². The molecular weight excluding hydrogens is 338 g/mol. The number of carbonyl (C=O) groups excluding carboxylic acids is 2. The zero-order valence-electron chi connectivity index (χ0n) is 14.3. The summed E-state index contributed by atoms with van der Waals surface area (Å²) in [6.07, 6.45) is 2.52. The number of amides is 2. The largest absolute Gasteiger partial charge is 0.459 e. The highest BCUT2D eigenvalue weighted by atomic mass is 16.6. The molecule has 0 aliphatic carbocycles. The van der Waals surface area contributed by atoms with E-state index in [2.05, 4.69) is 5.32 Å². The van der Waals surface area contributed by atoms with Crippen LogP contribution in [-0.2, 0) is 4.79 Å². The van der Waals surface area contributed by atoms with E-state index in [-0.39, 0.29) is 23.4 Å². The fourth-order valence-electron chi connectivity index (χ4n) is 2.99. The van der Waals surface area contributed by atoms with E-state index < -0.39 is 4.92 Å². The quantitative estimate of drug-likeness (QED) is 0.669. The molecule has 8 heteroatoms. The number of likely N-dealkylation sites (tertiary alicyclic amines) is 1. The minimum Gasteiger partial charge on any atom is -0.459 e. The number of non-ortho nitro benzene ring substituents is 1. The van der Waals surface area contributed by atoms with Crippen molar-refractivity contribution in [1.82, 2.24) is 4.90 Å². The van der Waals surface area contributed by atoms with Gasteiger partial charge in [0.25, 0.3) is 11.6 Å². The van der Waals surface area contributed by atoms with Crippen LogP contribution in [0.5, 0.6) is 0 Å². The molecule has 1 N–H and O–H groups in total. The highest BCUT2D eigenvalue weighted by Crippen LogP contribution is 2.25. The number of hydrogen-bond acceptors (Lipinski definition) is 5. The van der Waals surface area contributed by atoms with Gasteiger partial charge in [0.05, 0.1) is 16.9 Å². The summed E-state index contributed by atoms with van der Waals surface area (Å²) in [6.45, 7) is 2.71. The molecule has 1 fully saturated rings. The normalized spacial score (nSPS) is 14.9. The SMILES string of the molecule is Cc1ccc([N+](=O)[O-])cc1NC(=O)C1CCN(C(=O)c2ccco2)CC1. The van der Waals surface area contributed by atoms with Crippen molar-refractivity contribution < 1.29 is 18.9 Å². The Morgan fingerprint density at radius 3 is 2.62 bits per heavy atom. The van der Waals surface area contributed by atoms with Gasteiger partial charge in [0.1, 0.15) is 0 Å². The van der Waals surface area contributed by atoms with Crippen LogP contribution in [0.4, 0.5) is 11.4 Å². The van der Waals surface area contributed by atoms with Crippen molar-refractivity contribution in [2.75, 3.05) is 18.4 Å². The van der Waals surface area contributed by atoms with Gasteiger partial charge in [-0.05, 0) is 37.5 Å². The maximum Gasteiger partial charge on any atom is 0.289 e. The third-order valence-corrected chi connectivity index (χ3v) is 4.57. The van der Waals surface area contributed by atoms with Crippen molar-refractivity contribution >= 4 is 23.2 Å². The van der Waals surface area contributed by atoms with Crippen molar-refractivity contribution in [3.8, 4) is 0 Å². The first-order valence-electron chi connectivity index (χ1n) is 8.34. The lowest BCUT2D eigenvalue weighted by molar-refractivity contribution is -0.384. The Hall–Kier alpha value is -3.16. The number of piperidine rings is 1. The van der Waals surface area contributed by atoms with Crippen LogP contribution in [0.25, 0.3) is 0 Å². The lowest BCUT2D eigenvalue weighted by Gasteiger charge is -2.30.